The number of morpholine rings is 1. The molecule has 1 heterocycles. The number of nitrogens with one attached hydrogen (secondary N) is 2. The van der Waals surface area contributed by atoms with Gasteiger partial charge in [0.2, 0.25) is 0 Å². The molecule has 4 atom stereocenters. The van der Waals surface area contributed by atoms with E-state index in [2.05, 4.69) is 22.5 Å². The zero-order valence-corrected chi connectivity index (χ0v) is 14.7. The Kier molecular flexibility index (Phi) is 5.94. The molecule has 2 bridgehead atoms. The molecule has 0 aromatic rings. The fourth-order valence-electron chi connectivity index (χ4n) is 4.60. The first kappa shape index (κ1) is 16.5. The van der Waals surface area contributed by atoms with E-state index in [0.717, 1.165) is 68.7 Å². The van der Waals surface area contributed by atoms with Gasteiger partial charge in [-0.25, -0.2) is 0 Å². The van der Waals surface area contributed by atoms with Crippen molar-refractivity contribution in [2.45, 2.75) is 45.1 Å². The summed E-state index contributed by atoms with van der Waals surface area (Å²) < 4.78 is 5.37. The van der Waals surface area contributed by atoms with Crippen molar-refractivity contribution in [1.82, 2.24) is 15.5 Å². The van der Waals surface area contributed by atoms with E-state index in [1.54, 1.807) is 0 Å². The maximum absolute atomic E-state index is 5.47. The predicted molar refractivity (Wildman–Crippen MR) is 94.0 cm³/mol. The monoisotopic (exact) mass is 325 g/mol. The largest absolute Gasteiger partial charge is 0.379 e. The van der Waals surface area contributed by atoms with E-state index in [0.29, 0.717) is 6.04 Å². The Bertz CT molecular complexity index is 373. The molecule has 0 spiro atoms. The number of hydrogen-bond acceptors (Lipinski definition) is 3. The highest BCUT2D eigenvalue weighted by molar-refractivity contribution is 7.80. The summed E-state index contributed by atoms with van der Waals surface area (Å²) in [6.45, 7) is 8.33. The van der Waals surface area contributed by atoms with Crippen LogP contribution < -0.4 is 10.6 Å². The third-order valence-electron chi connectivity index (χ3n) is 5.83. The summed E-state index contributed by atoms with van der Waals surface area (Å²) in [6.07, 6.45) is 6.94. The molecule has 2 aliphatic carbocycles. The van der Waals surface area contributed by atoms with Crippen molar-refractivity contribution >= 4 is 17.3 Å². The second-order valence-electron chi connectivity index (χ2n) is 7.34. The first-order valence-electron chi connectivity index (χ1n) is 9.07. The minimum Gasteiger partial charge on any atom is -0.379 e. The molecule has 2 saturated carbocycles. The minimum atomic E-state index is 0.523. The molecular formula is C17H31N3OS. The molecule has 3 fully saturated rings. The molecule has 3 aliphatic rings. The Hall–Kier alpha value is -0.390. The van der Waals surface area contributed by atoms with Crippen molar-refractivity contribution in [3.63, 3.8) is 0 Å². The van der Waals surface area contributed by atoms with Crippen LogP contribution in [-0.2, 0) is 4.74 Å². The lowest BCUT2D eigenvalue weighted by Gasteiger charge is -2.29. The summed E-state index contributed by atoms with van der Waals surface area (Å²) in [5, 5.41) is 7.76. The summed E-state index contributed by atoms with van der Waals surface area (Å²) in [7, 11) is 0. The highest BCUT2D eigenvalue weighted by Gasteiger charge is 2.41. The molecule has 0 unspecified atom stereocenters. The first-order chi connectivity index (χ1) is 10.7. The maximum atomic E-state index is 5.47. The van der Waals surface area contributed by atoms with Gasteiger partial charge in [0.25, 0.3) is 0 Å². The van der Waals surface area contributed by atoms with E-state index in [-0.39, 0.29) is 0 Å². The molecule has 5 heteroatoms. The van der Waals surface area contributed by atoms with Gasteiger partial charge in [0, 0.05) is 25.7 Å². The summed E-state index contributed by atoms with van der Waals surface area (Å²) in [5.74, 6) is 2.80. The lowest BCUT2D eigenvalue weighted by molar-refractivity contribution is 0.0376. The van der Waals surface area contributed by atoms with Crippen LogP contribution in [0.25, 0.3) is 0 Å². The quantitative estimate of drug-likeness (QED) is 0.577. The van der Waals surface area contributed by atoms with Gasteiger partial charge in [-0.15, -0.1) is 0 Å². The van der Waals surface area contributed by atoms with Crippen molar-refractivity contribution in [2.24, 2.45) is 17.8 Å². The molecule has 0 amide bonds. The molecule has 0 aromatic heterocycles. The van der Waals surface area contributed by atoms with Crippen LogP contribution >= 0.6 is 12.2 Å². The summed E-state index contributed by atoms with van der Waals surface area (Å²) in [6, 6.07) is 0.523. The number of ether oxygens (including phenoxy) is 1. The summed E-state index contributed by atoms with van der Waals surface area (Å²) in [5.41, 5.74) is 0. The number of thiocarbonyl (C=S) groups is 1. The van der Waals surface area contributed by atoms with Crippen LogP contribution in [0, 0.1) is 17.8 Å². The predicted octanol–water partition coefficient (Wildman–Crippen LogP) is 2.00. The minimum absolute atomic E-state index is 0.523. The molecule has 1 aliphatic heterocycles. The fourth-order valence-corrected chi connectivity index (χ4v) is 4.89. The van der Waals surface area contributed by atoms with E-state index in [1.807, 2.05) is 0 Å². The van der Waals surface area contributed by atoms with Crippen molar-refractivity contribution in [1.29, 1.82) is 0 Å². The number of hydrogen-bond donors (Lipinski definition) is 2. The number of rotatable bonds is 6. The van der Waals surface area contributed by atoms with Crippen LogP contribution in [0.2, 0.25) is 0 Å². The first-order valence-corrected chi connectivity index (χ1v) is 9.47. The molecule has 22 heavy (non-hydrogen) atoms. The van der Waals surface area contributed by atoms with Crippen molar-refractivity contribution in [3.05, 3.63) is 0 Å². The van der Waals surface area contributed by atoms with Crippen molar-refractivity contribution in [2.75, 3.05) is 39.4 Å². The Morgan fingerprint density at radius 1 is 1.27 bits per heavy atom. The van der Waals surface area contributed by atoms with Gasteiger partial charge in [-0.05, 0) is 69.1 Å². The van der Waals surface area contributed by atoms with Crippen LogP contribution in [-0.4, -0.2) is 55.4 Å². The zero-order chi connectivity index (χ0) is 15.4. The van der Waals surface area contributed by atoms with Gasteiger partial charge in [0.05, 0.1) is 13.2 Å². The second kappa shape index (κ2) is 7.93. The third-order valence-corrected chi connectivity index (χ3v) is 6.10. The molecule has 0 aromatic carbocycles. The van der Waals surface area contributed by atoms with Gasteiger partial charge in [0.1, 0.15) is 0 Å². The fraction of sp³-hybridized carbons (Fsp3) is 0.941. The van der Waals surface area contributed by atoms with E-state index in [9.17, 15) is 0 Å². The Balaban J connectivity index is 1.27. The van der Waals surface area contributed by atoms with Gasteiger partial charge in [-0.3, -0.25) is 4.90 Å². The zero-order valence-electron chi connectivity index (χ0n) is 13.9. The standard InChI is InChI=1S/C17H31N3OS/c1-13(16-12-14-3-4-15(16)11-14)19-17(22)18-5-2-6-20-7-9-21-10-8-20/h13-16H,2-12H2,1H3,(H2,18,19,22)/t13-,14-,15-,16+/m1/s1. The maximum Gasteiger partial charge on any atom is 0.166 e. The number of nitrogens with zero attached hydrogens (tertiary/aromatic N) is 1. The topological polar surface area (TPSA) is 36.5 Å². The summed E-state index contributed by atoms with van der Waals surface area (Å²) in [4.78, 5) is 2.47. The van der Waals surface area contributed by atoms with Crippen molar-refractivity contribution < 1.29 is 4.74 Å². The Labute approximate surface area is 140 Å². The molecule has 3 rings (SSSR count). The van der Waals surface area contributed by atoms with Gasteiger partial charge in [-0.1, -0.05) is 6.42 Å². The highest BCUT2D eigenvalue weighted by atomic mass is 32.1. The van der Waals surface area contributed by atoms with E-state index < -0.39 is 0 Å². The van der Waals surface area contributed by atoms with Gasteiger partial charge in [-0.2, -0.15) is 0 Å². The lowest BCUT2D eigenvalue weighted by Crippen LogP contribution is -2.45. The van der Waals surface area contributed by atoms with Gasteiger partial charge in [0.15, 0.2) is 5.11 Å². The molecule has 1 saturated heterocycles. The Morgan fingerprint density at radius 2 is 2.09 bits per heavy atom. The van der Waals surface area contributed by atoms with Crippen LogP contribution in [0.3, 0.4) is 0 Å². The van der Waals surface area contributed by atoms with Gasteiger partial charge >= 0.3 is 0 Å². The number of fused-ring (bicyclic) bond motifs is 2. The molecule has 0 radical (unpaired) electrons. The average molecular weight is 326 g/mol. The van der Waals surface area contributed by atoms with E-state index >= 15 is 0 Å². The lowest BCUT2D eigenvalue weighted by atomic mass is 9.84. The highest BCUT2D eigenvalue weighted by Crippen LogP contribution is 2.49. The smallest absolute Gasteiger partial charge is 0.166 e. The Morgan fingerprint density at radius 3 is 2.77 bits per heavy atom. The van der Waals surface area contributed by atoms with Gasteiger partial charge < -0.3 is 15.4 Å². The molecule has 4 nitrogen and oxygen atoms in total. The normalized spacial score (nSPS) is 32.9. The second-order valence-corrected chi connectivity index (χ2v) is 7.74. The van der Waals surface area contributed by atoms with Crippen LogP contribution in [0.5, 0.6) is 0 Å². The molecule has 2 N–H and O–H groups in total. The molecular weight excluding hydrogens is 294 g/mol. The SMILES string of the molecule is C[C@@H](NC(=S)NCCCN1CCOCC1)[C@@H]1C[C@@H]2CC[C@@H]1C2. The van der Waals surface area contributed by atoms with E-state index in [1.165, 1.54) is 25.7 Å². The summed E-state index contributed by atoms with van der Waals surface area (Å²) >= 11 is 5.47. The average Bonchev–Trinajstić information content (AvgIpc) is 3.15. The third kappa shape index (κ3) is 4.33. The van der Waals surface area contributed by atoms with Crippen molar-refractivity contribution in [3.8, 4) is 0 Å². The van der Waals surface area contributed by atoms with Crippen LogP contribution in [0.15, 0.2) is 0 Å². The van der Waals surface area contributed by atoms with Crippen LogP contribution in [0.1, 0.15) is 39.0 Å². The van der Waals surface area contributed by atoms with Crippen LogP contribution in [0.4, 0.5) is 0 Å². The molecule has 126 valence electrons. The van der Waals surface area contributed by atoms with E-state index in [4.69, 9.17) is 17.0 Å².